The van der Waals surface area contributed by atoms with E-state index in [1.54, 1.807) is 67.8 Å². The lowest BCUT2D eigenvalue weighted by atomic mass is 10.2. The molecule has 3 aromatic rings. The standard InChI is InChI=1S/C26H26N2O6/c1-32-22-10-5-6-11-23(22)34-21-16-14-20(15-17-21)27-24(29)12-7-13-26(31)33-18-25(30)28-19-8-3-2-4-9-19/h2-6,8-11,14-17H,7,12-13,18H2,1H3,(H,27,29)(H,28,30). The van der Waals surface area contributed by atoms with E-state index in [0.717, 1.165) is 0 Å². The molecule has 0 aliphatic carbocycles. The number of carbonyl (C=O) groups is 3. The zero-order valence-corrected chi connectivity index (χ0v) is 18.8. The first-order valence-corrected chi connectivity index (χ1v) is 10.7. The van der Waals surface area contributed by atoms with E-state index in [9.17, 15) is 14.4 Å². The summed E-state index contributed by atoms with van der Waals surface area (Å²) in [6.45, 7) is -0.372. The largest absolute Gasteiger partial charge is 0.493 e. The molecule has 0 spiro atoms. The van der Waals surface area contributed by atoms with Gasteiger partial charge >= 0.3 is 5.97 Å². The van der Waals surface area contributed by atoms with Crippen molar-refractivity contribution in [1.29, 1.82) is 0 Å². The number of para-hydroxylation sites is 3. The van der Waals surface area contributed by atoms with Crippen LogP contribution in [0.5, 0.6) is 17.2 Å². The fourth-order valence-electron chi connectivity index (χ4n) is 2.99. The highest BCUT2D eigenvalue weighted by atomic mass is 16.5. The Kier molecular flexibility index (Phi) is 9.04. The Morgan fingerprint density at radius 2 is 1.32 bits per heavy atom. The number of hydrogen-bond acceptors (Lipinski definition) is 6. The zero-order chi connectivity index (χ0) is 24.2. The summed E-state index contributed by atoms with van der Waals surface area (Å²) in [5, 5.41) is 5.40. The van der Waals surface area contributed by atoms with Crippen LogP contribution >= 0.6 is 0 Å². The van der Waals surface area contributed by atoms with Gasteiger partial charge in [0.25, 0.3) is 5.91 Å². The van der Waals surface area contributed by atoms with Gasteiger partial charge in [-0.1, -0.05) is 30.3 Å². The van der Waals surface area contributed by atoms with Gasteiger partial charge in [-0.15, -0.1) is 0 Å². The van der Waals surface area contributed by atoms with Crippen LogP contribution in [0.15, 0.2) is 78.9 Å². The molecular weight excluding hydrogens is 436 g/mol. The molecule has 0 saturated carbocycles. The fourth-order valence-corrected chi connectivity index (χ4v) is 2.99. The van der Waals surface area contributed by atoms with Crippen molar-refractivity contribution in [3.05, 3.63) is 78.9 Å². The van der Waals surface area contributed by atoms with E-state index >= 15 is 0 Å². The number of esters is 1. The summed E-state index contributed by atoms with van der Waals surface area (Å²) in [5.41, 5.74) is 1.23. The first kappa shape index (κ1) is 24.3. The molecule has 2 N–H and O–H groups in total. The molecule has 0 saturated heterocycles. The van der Waals surface area contributed by atoms with E-state index < -0.39 is 11.9 Å². The number of nitrogens with one attached hydrogen (secondary N) is 2. The summed E-state index contributed by atoms with van der Waals surface area (Å²) in [5.74, 6) is 0.625. The molecular formula is C26H26N2O6. The number of carbonyl (C=O) groups excluding carboxylic acids is 3. The molecule has 0 radical (unpaired) electrons. The smallest absolute Gasteiger partial charge is 0.306 e. The summed E-state index contributed by atoms with van der Waals surface area (Å²) < 4.78 is 16.0. The predicted octanol–water partition coefficient (Wildman–Crippen LogP) is 4.78. The molecule has 0 aliphatic heterocycles. The molecule has 0 aliphatic rings. The van der Waals surface area contributed by atoms with Crippen LogP contribution in [0.4, 0.5) is 11.4 Å². The minimum Gasteiger partial charge on any atom is -0.493 e. The molecule has 0 aromatic heterocycles. The third-order valence-electron chi connectivity index (χ3n) is 4.64. The van der Waals surface area contributed by atoms with Crippen LogP contribution < -0.4 is 20.1 Å². The van der Waals surface area contributed by atoms with Gasteiger partial charge in [-0.2, -0.15) is 0 Å². The van der Waals surface area contributed by atoms with Gasteiger partial charge in [-0.05, 0) is 55.0 Å². The molecule has 0 heterocycles. The molecule has 0 bridgehead atoms. The number of ether oxygens (including phenoxy) is 3. The monoisotopic (exact) mass is 462 g/mol. The van der Waals surface area contributed by atoms with Gasteiger partial charge in [-0.3, -0.25) is 14.4 Å². The molecule has 3 aromatic carbocycles. The fraction of sp³-hybridized carbons (Fsp3) is 0.192. The first-order chi connectivity index (χ1) is 16.5. The van der Waals surface area contributed by atoms with Gasteiger partial charge < -0.3 is 24.8 Å². The number of rotatable bonds is 11. The number of amides is 2. The maximum Gasteiger partial charge on any atom is 0.306 e. The lowest BCUT2D eigenvalue weighted by Gasteiger charge is -2.11. The third kappa shape index (κ3) is 7.98. The van der Waals surface area contributed by atoms with Crippen LogP contribution in [0.1, 0.15) is 19.3 Å². The number of hydrogen-bond donors (Lipinski definition) is 2. The number of anilines is 2. The quantitative estimate of drug-likeness (QED) is 0.398. The van der Waals surface area contributed by atoms with Gasteiger partial charge in [0.15, 0.2) is 18.1 Å². The summed E-state index contributed by atoms with van der Waals surface area (Å²) in [4.78, 5) is 35.8. The Balaban J connectivity index is 1.34. The molecule has 0 unspecified atom stereocenters. The zero-order valence-electron chi connectivity index (χ0n) is 18.8. The molecule has 8 nitrogen and oxygen atoms in total. The lowest BCUT2D eigenvalue weighted by Crippen LogP contribution is -2.21. The van der Waals surface area contributed by atoms with Crippen molar-refractivity contribution in [1.82, 2.24) is 0 Å². The van der Waals surface area contributed by atoms with Crippen LogP contribution in [-0.2, 0) is 19.1 Å². The van der Waals surface area contributed by atoms with E-state index in [4.69, 9.17) is 14.2 Å². The van der Waals surface area contributed by atoms with E-state index in [2.05, 4.69) is 10.6 Å². The first-order valence-electron chi connectivity index (χ1n) is 10.7. The van der Waals surface area contributed by atoms with E-state index in [0.29, 0.717) is 35.0 Å². The molecule has 3 rings (SSSR count). The predicted molar refractivity (Wildman–Crippen MR) is 128 cm³/mol. The minimum atomic E-state index is -0.533. The Bertz CT molecular complexity index is 1100. The Morgan fingerprint density at radius 3 is 2.03 bits per heavy atom. The molecule has 2 amide bonds. The van der Waals surface area contributed by atoms with Crippen molar-refractivity contribution in [2.45, 2.75) is 19.3 Å². The van der Waals surface area contributed by atoms with Crippen molar-refractivity contribution >= 4 is 29.2 Å². The second-order valence-electron chi connectivity index (χ2n) is 7.25. The molecule has 176 valence electrons. The second-order valence-corrected chi connectivity index (χ2v) is 7.25. The SMILES string of the molecule is COc1ccccc1Oc1ccc(NC(=O)CCCC(=O)OCC(=O)Nc2ccccc2)cc1. The van der Waals surface area contributed by atoms with Crippen molar-refractivity contribution in [3.8, 4) is 17.2 Å². The maximum atomic E-state index is 12.1. The van der Waals surface area contributed by atoms with Gasteiger partial charge in [0, 0.05) is 24.2 Å². The van der Waals surface area contributed by atoms with Crippen molar-refractivity contribution in [2.24, 2.45) is 0 Å². The van der Waals surface area contributed by atoms with Crippen LogP contribution in [0.3, 0.4) is 0 Å². The highest BCUT2D eigenvalue weighted by Crippen LogP contribution is 2.31. The number of benzene rings is 3. The highest BCUT2D eigenvalue weighted by Gasteiger charge is 2.10. The van der Waals surface area contributed by atoms with Crippen LogP contribution in [0.2, 0.25) is 0 Å². The van der Waals surface area contributed by atoms with Gasteiger partial charge in [0.1, 0.15) is 5.75 Å². The van der Waals surface area contributed by atoms with Crippen LogP contribution in [-0.4, -0.2) is 31.5 Å². The molecule has 34 heavy (non-hydrogen) atoms. The van der Waals surface area contributed by atoms with Crippen molar-refractivity contribution < 1.29 is 28.6 Å². The van der Waals surface area contributed by atoms with Gasteiger partial charge in [-0.25, -0.2) is 0 Å². The van der Waals surface area contributed by atoms with Crippen LogP contribution in [0, 0.1) is 0 Å². The van der Waals surface area contributed by atoms with Crippen molar-refractivity contribution in [3.63, 3.8) is 0 Å². The Labute approximate surface area is 197 Å². The van der Waals surface area contributed by atoms with E-state index in [1.165, 1.54) is 0 Å². The topological polar surface area (TPSA) is 103 Å². The molecule has 8 heteroatoms. The normalized spacial score (nSPS) is 10.1. The van der Waals surface area contributed by atoms with Gasteiger partial charge in [0.2, 0.25) is 5.91 Å². The summed E-state index contributed by atoms with van der Waals surface area (Å²) in [7, 11) is 1.57. The third-order valence-corrected chi connectivity index (χ3v) is 4.64. The van der Waals surface area contributed by atoms with Gasteiger partial charge in [0.05, 0.1) is 7.11 Å². The average Bonchev–Trinajstić information content (AvgIpc) is 2.85. The minimum absolute atomic E-state index is 0.0394. The van der Waals surface area contributed by atoms with Crippen LogP contribution in [0.25, 0.3) is 0 Å². The Morgan fingerprint density at radius 1 is 0.706 bits per heavy atom. The lowest BCUT2D eigenvalue weighted by molar-refractivity contribution is -0.147. The highest BCUT2D eigenvalue weighted by molar-refractivity contribution is 5.93. The number of methoxy groups -OCH3 is 1. The van der Waals surface area contributed by atoms with Crippen molar-refractivity contribution in [2.75, 3.05) is 24.4 Å². The Hall–Kier alpha value is -4.33. The molecule has 0 atom stereocenters. The average molecular weight is 463 g/mol. The molecule has 0 fully saturated rings. The second kappa shape index (κ2) is 12.6. The van der Waals surface area contributed by atoms with E-state index in [1.807, 2.05) is 18.2 Å². The maximum absolute atomic E-state index is 12.1. The summed E-state index contributed by atoms with van der Waals surface area (Å²) >= 11 is 0. The summed E-state index contributed by atoms with van der Waals surface area (Å²) in [6, 6.07) is 23.1. The van der Waals surface area contributed by atoms with E-state index in [-0.39, 0.29) is 25.4 Å². The summed E-state index contributed by atoms with van der Waals surface area (Å²) in [6.07, 6.45) is 0.489.